The molecule has 0 bridgehead atoms. The number of carbonyl (C=O) groups excluding carboxylic acids is 2. The summed E-state index contributed by atoms with van der Waals surface area (Å²) in [5, 5.41) is 3.52. The normalized spacial score (nSPS) is 13.7. The molecule has 4 rings (SSSR count). The van der Waals surface area contributed by atoms with Crippen LogP contribution in [0.5, 0.6) is 5.75 Å². The minimum atomic E-state index is -3.81. The lowest BCUT2D eigenvalue weighted by atomic mass is 10.3. The van der Waals surface area contributed by atoms with Gasteiger partial charge >= 0.3 is 0 Å². The van der Waals surface area contributed by atoms with Crippen LogP contribution < -0.4 is 14.8 Å². The first-order valence-electron chi connectivity index (χ1n) is 11.8. The molecular weight excluding hydrogens is 562 g/mol. The second kappa shape index (κ2) is 12.6. The predicted octanol–water partition coefficient (Wildman–Crippen LogP) is 4.97. The standard InChI is InChI=1S/C27H26ClN3O6S2/c1-36-17-3-16-31-26(32)24(29-19-6-10-21(37-2)11-7-19)25(27(31)33)38-22-12-8-20(9-13-22)30-39(34,35)23-14-4-18(28)5-15-23/h4-15,29-30H,3,16-17H2,1-2H3. The molecular formula is C27H26ClN3O6S2. The molecule has 39 heavy (non-hydrogen) atoms. The molecule has 0 spiro atoms. The third-order valence-electron chi connectivity index (χ3n) is 5.67. The number of halogens is 1. The van der Waals surface area contributed by atoms with Crippen molar-refractivity contribution in [3.8, 4) is 5.75 Å². The predicted molar refractivity (Wildman–Crippen MR) is 151 cm³/mol. The molecule has 1 aliphatic heterocycles. The maximum absolute atomic E-state index is 13.3. The number of nitrogens with one attached hydrogen (secondary N) is 2. The highest BCUT2D eigenvalue weighted by molar-refractivity contribution is 8.04. The number of sulfonamides is 1. The van der Waals surface area contributed by atoms with Gasteiger partial charge in [-0.05, 0) is 79.2 Å². The van der Waals surface area contributed by atoms with Crippen LogP contribution in [-0.2, 0) is 24.3 Å². The van der Waals surface area contributed by atoms with E-state index < -0.39 is 21.8 Å². The molecule has 3 aromatic rings. The average Bonchev–Trinajstić information content (AvgIpc) is 3.14. The van der Waals surface area contributed by atoms with Crippen LogP contribution in [0.4, 0.5) is 11.4 Å². The SMILES string of the molecule is COCCCN1C(=O)C(Nc2ccc(OC)cc2)=C(Sc2ccc(NS(=O)(=O)c3ccc(Cl)cc3)cc2)C1=O. The number of rotatable bonds is 12. The van der Waals surface area contributed by atoms with Crippen molar-refractivity contribution in [3.05, 3.63) is 88.4 Å². The molecule has 0 aliphatic carbocycles. The molecule has 0 saturated heterocycles. The lowest BCUT2D eigenvalue weighted by molar-refractivity contribution is -0.137. The fourth-order valence-corrected chi connectivity index (χ4v) is 5.81. The van der Waals surface area contributed by atoms with Crippen molar-refractivity contribution >= 4 is 56.6 Å². The fraction of sp³-hybridized carbons (Fsp3) is 0.185. The Morgan fingerprint density at radius 2 is 1.51 bits per heavy atom. The Balaban J connectivity index is 1.55. The lowest BCUT2D eigenvalue weighted by Gasteiger charge is -2.14. The van der Waals surface area contributed by atoms with Gasteiger partial charge in [0.1, 0.15) is 16.4 Å². The molecule has 3 aromatic carbocycles. The number of hydrogen-bond acceptors (Lipinski definition) is 8. The van der Waals surface area contributed by atoms with Crippen LogP contribution in [0.15, 0.2) is 93.2 Å². The van der Waals surface area contributed by atoms with Crippen LogP contribution in [0, 0.1) is 0 Å². The summed E-state index contributed by atoms with van der Waals surface area (Å²) in [4.78, 5) is 28.7. The van der Waals surface area contributed by atoms with Gasteiger partial charge in [0.2, 0.25) is 0 Å². The van der Waals surface area contributed by atoms with Gasteiger partial charge in [0.25, 0.3) is 21.8 Å². The second-order valence-corrected chi connectivity index (χ2v) is 11.6. The van der Waals surface area contributed by atoms with Gasteiger partial charge in [0.05, 0.1) is 12.0 Å². The van der Waals surface area contributed by atoms with E-state index in [0.717, 1.165) is 11.8 Å². The highest BCUT2D eigenvalue weighted by atomic mass is 35.5. The summed E-state index contributed by atoms with van der Waals surface area (Å²) in [7, 11) is -0.689. The quantitative estimate of drug-likeness (QED) is 0.225. The molecule has 0 fully saturated rings. The van der Waals surface area contributed by atoms with Crippen molar-refractivity contribution in [3.63, 3.8) is 0 Å². The van der Waals surface area contributed by atoms with Crippen molar-refractivity contribution in [1.82, 2.24) is 4.90 Å². The molecule has 0 aromatic heterocycles. The number of thioether (sulfide) groups is 1. The van der Waals surface area contributed by atoms with Crippen LogP contribution in [0.2, 0.25) is 5.02 Å². The van der Waals surface area contributed by atoms with Gasteiger partial charge in [-0.3, -0.25) is 19.2 Å². The van der Waals surface area contributed by atoms with Crippen LogP contribution in [0.1, 0.15) is 6.42 Å². The van der Waals surface area contributed by atoms with Gasteiger partial charge in [-0.15, -0.1) is 0 Å². The summed E-state index contributed by atoms with van der Waals surface area (Å²) in [6, 6.07) is 19.4. The molecule has 1 aliphatic rings. The van der Waals surface area contributed by atoms with Gasteiger partial charge in [-0.2, -0.15) is 0 Å². The van der Waals surface area contributed by atoms with Gasteiger partial charge in [-0.25, -0.2) is 8.42 Å². The second-order valence-electron chi connectivity index (χ2n) is 8.35. The number of hydrogen-bond donors (Lipinski definition) is 2. The zero-order valence-electron chi connectivity index (χ0n) is 21.1. The van der Waals surface area contributed by atoms with Crippen LogP contribution in [-0.4, -0.2) is 52.5 Å². The molecule has 2 amide bonds. The number of carbonyl (C=O) groups is 2. The number of anilines is 2. The van der Waals surface area contributed by atoms with E-state index in [0.29, 0.717) is 40.1 Å². The highest BCUT2D eigenvalue weighted by Crippen LogP contribution is 2.36. The number of imide groups is 1. The van der Waals surface area contributed by atoms with Gasteiger partial charge in [0, 0.05) is 41.6 Å². The monoisotopic (exact) mass is 587 g/mol. The minimum absolute atomic E-state index is 0.0772. The van der Waals surface area contributed by atoms with E-state index in [4.69, 9.17) is 21.1 Å². The Labute approximate surface area is 236 Å². The first kappa shape index (κ1) is 28.5. The molecule has 12 heteroatoms. The van der Waals surface area contributed by atoms with Crippen molar-refractivity contribution < 1.29 is 27.5 Å². The number of nitrogens with zero attached hydrogens (tertiary/aromatic N) is 1. The zero-order valence-corrected chi connectivity index (χ0v) is 23.5. The largest absolute Gasteiger partial charge is 0.497 e. The van der Waals surface area contributed by atoms with E-state index in [1.54, 1.807) is 62.8 Å². The highest BCUT2D eigenvalue weighted by Gasteiger charge is 2.38. The summed E-state index contributed by atoms with van der Waals surface area (Å²) < 4.78 is 38.1. The summed E-state index contributed by atoms with van der Waals surface area (Å²) >= 11 is 6.98. The van der Waals surface area contributed by atoms with E-state index in [2.05, 4.69) is 10.0 Å². The maximum atomic E-state index is 13.3. The summed E-state index contributed by atoms with van der Waals surface area (Å²) in [5.41, 5.74) is 1.13. The molecule has 2 N–H and O–H groups in total. The lowest BCUT2D eigenvalue weighted by Crippen LogP contribution is -2.33. The van der Waals surface area contributed by atoms with E-state index >= 15 is 0 Å². The number of amides is 2. The molecule has 1 heterocycles. The van der Waals surface area contributed by atoms with E-state index in [1.807, 2.05) is 0 Å². The number of benzene rings is 3. The van der Waals surface area contributed by atoms with Crippen LogP contribution in [0.3, 0.4) is 0 Å². The van der Waals surface area contributed by atoms with E-state index in [9.17, 15) is 18.0 Å². The smallest absolute Gasteiger partial charge is 0.278 e. The molecule has 0 saturated carbocycles. The van der Waals surface area contributed by atoms with Gasteiger partial charge in [-0.1, -0.05) is 23.4 Å². The summed E-state index contributed by atoms with van der Waals surface area (Å²) in [6.07, 6.45) is 0.504. The molecule has 0 unspecified atom stereocenters. The average molecular weight is 588 g/mol. The fourth-order valence-electron chi connectivity index (χ4n) is 3.68. The van der Waals surface area contributed by atoms with Crippen LogP contribution in [0.25, 0.3) is 0 Å². The minimum Gasteiger partial charge on any atom is -0.497 e. The third kappa shape index (κ3) is 6.93. The first-order chi connectivity index (χ1) is 18.7. The Kier molecular flexibility index (Phi) is 9.18. The number of methoxy groups -OCH3 is 2. The molecule has 204 valence electrons. The van der Waals surface area contributed by atoms with Crippen molar-refractivity contribution in [2.24, 2.45) is 0 Å². The molecule has 9 nitrogen and oxygen atoms in total. The Bertz CT molecular complexity index is 1480. The summed E-state index contributed by atoms with van der Waals surface area (Å²) in [6.45, 7) is 0.628. The van der Waals surface area contributed by atoms with E-state index in [-0.39, 0.29) is 22.0 Å². The topological polar surface area (TPSA) is 114 Å². The first-order valence-corrected chi connectivity index (χ1v) is 14.5. The zero-order chi connectivity index (χ0) is 28.0. The van der Waals surface area contributed by atoms with Crippen molar-refractivity contribution in [1.29, 1.82) is 0 Å². The van der Waals surface area contributed by atoms with Crippen LogP contribution >= 0.6 is 23.4 Å². The summed E-state index contributed by atoms with van der Waals surface area (Å²) in [5.74, 6) is -0.183. The molecule has 0 atom stereocenters. The molecule has 0 radical (unpaired) electrons. The van der Waals surface area contributed by atoms with Crippen molar-refractivity contribution in [2.45, 2.75) is 16.2 Å². The Hall–Kier alpha value is -3.51. The van der Waals surface area contributed by atoms with Gasteiger partial charge < -0.3 is 14.8 Å². The third-order valence-corrected chi connectivity index (χ3v) is 8.41. The Morgan fingerprint density at radius 3 is 2.13 bits per heavy atom. The van der Waals surface area contributed by atoms with Gasteiger partial charge in [0.15, 0.2) is 0 Å². The van der Waals surface area contributed by atoms with E-state index in [1.165, 1.54) is 29.2 Å². The van der Waals surface area contributed by atoms with Crippen molar-refractivity contribution in [2.75, 3.05) is 37.4 Å². The number of ether oxygens (including phenoxy) is 2. The Morgan fingerprint density at radius 1 is 0.872 bits per heavy atom. The maximum Gasteiger partial charge on any atom is 0.278 e.